The predicted octanol–water partition coefficient (Wildman–Crippen LogP) is 3.58. The lowest BCUT2D eigenvalue weighted by Crippen LogP contribution is -2.23. The van der Waals surface area contributed by atoms with Crippen molar-refractivity contribution >= 4 is 16.7 Å². The lowest BCUT2D eigenvalue weighted by atomic mass is 10.0. The Balaban J connectivity index is 1.94. The van der Waals surface area contributed by atoms with Gasteiger partial charge >= 0.3 is 0 Å². The van der Waals surface area contributed by atoms with Crippen molar-refractivity contribution in [3.05, 3.63) is 35.9 Å². The van der Waals surface area contributed by atoms with Crippen LogP contribution in [0.3, 0.4) is 0 Å². The summed E-state index contributed by atoms with van der Waals surface area (Å²) in [5, 5.41) is 4.51. The van der Waals surface area contributed by atoms with Crippen molar-refractivity contribution in [3.63, 3.8) is 0 Å². The maximum atomic E-state index is 4.96. The van der Waals surface area contributed by atoms with Gasteiger partial charge in [0, 0.05) is 30.6 Å². The summed E-state index contributed by atoms with van der Waals surface area (Å²) in [6.45, 7) is 5.47. The zero-order valence-corrected chi connectivity index (χ0v) is 13.1. The molecule has 1 atom stereocenters. The van der Waals surface area contributed by atoms with Crippen molar-refractivity contribution < 1.29 is 0 Å². The van der Waals surface area contributed by atoms with Gasteiger partial charge in [0.1, 0.15) is 5.82 Å². The standard InChI is InChI=1S/C18H25N3/c1-3-6-14-9-10-21(13-14)18-16(12-19-2)11-15-7-4-5-8-17(15)20-18/h4-5,7-8,11,14,19H,3,6,9-10,12-13H2,1-2H3. The van der Waals surface area contributed by atoms with Gasteiger partial charge in [-0.05, 0) is 37.9 Å². The molecule has 2 aromatic rings. The number of nitrogens with zero attached hydrogens (tertiary/aromatic N) is 2. The van der Waals surface area contributed by atoms with Crippen LogP contribution in [0.4, 0.5) is 5.82 Å². The van der Waals surface area contributed by atoms with Crippen LogP contribution in [-0.4, -0.2) is 25.1 Å². The van der Waals surface area contributed by atoms with Crippen LogP contribution in [0, 0.1) is 5.92 Å². The Bertz CT molecular complexity index is 608. The lowest BCUT2D eigenvalue weighted by Gasteiger charge is -2.21. The van der Waals surface area contributed by atoms with Gasteiger partial charge < -0.3 is 10.2 Å². The Hall–Kier alpha value is -1.61. The average Bonchev–Trinajstić information content (AvgIpc) is 2.96. The molecule has 0 aliphatic carbocycles. The smallest absolute Gasteiger partial charge is 0.133 e. The monoisotopic (exact) mass is 283 g/mol. The Kier molecular flexibility index (Phi) is 4.39. The van der Waals surface area contributed by atoms with Crippen LogP contribution in [0.15, 0.2) is 30.3 Å². The molecule has 0 radical (unpaired) electrons. The van der Waals surface area contributed by atoms with Gasteiger partial charge in [0.2, 0.25) is 0 Å². The molecule has 1 fully saturated rings. The molecule has 0 saturated carbocycles. The SMILES string of the molecule is CCCC1CCN(c2nc3ccccc3cc2CNC)C1. The minimum absolute atomic E-state index is 0.839. The van der Waals surface area contributed by atoms with Gasteiger partial charge in [0.25, 0.3) is 0 Å². The third-order valence-corrected chi connectivity index (χ3v) is 4.43. The van der Waals surface area contributed by atoms with Crippen molar-refractivity contribution in [2.24, 2.45) is 5.92 Å². The van der Waals surface area contributed by atoms with Gasteiger partial charge in [0.05, 0.1) is 5.52 Å². The first-order valence-electron chi connectivity index (χ1n) is 8.10. The zero-order valence-electron chi connectivity index (χ0n) is 13.1. The highest BCUT2D eigenvalue weighted by molar-refractivity contribution is 5.81. The van der Waals surface area contributed by atoms with Crippen LogP contribution in [0.1, 0.15) is 31.7 Å². The van der Waals surface area contributed by atoms with Crippen LogP contribution in [-0.2, 0) is 6.54 Å². The first kappa shape index (κ1) is 14.3. The number of hydrogen-bond acceptors (Lipinski definition) is 3. The minimum Gasteiger partial charge on any atom is -0.356 e. The number of hydrogen-bond donors (Lipinski definition) is 1. The summed E-state index contributed by atoms with van der Waals surface area (Å²) in [5.74, 6) is 2.02. The largest absolute Gasteiger partial charge is 0.356 e. The topological polar surface area (TPSA) is 28.2 Å². The van der Waals surface area contributed by atoms with Crippen molar-refractivity contribution in [2.75, 3.05) is 25.0 Å². The van der Waals surface area contributed by atoms with Gasteiger partial charge in [-0.2, -0.15) is 0 Å². The molecule has 1 unspecified atom stereocenters. The van der Waals surface area contributed by atoms with E-state index in [1.807, 2.05) is 7.05 Å². The second-order valence-corrected chi connectivity index (χ2v) is 6.08. The van der Waals surface area contributed by atoms with Crippen molar-refractivity contribution in [2.45, 2.75) is 32.7 Å². The summed E-state index contributed by atoms with van der Waals surface area (Å²) in [5.41, 5.74) is 2.42. The van der Waals surface area contributed by atoms with Crippen LogP contribution >= 0.6 is 0 Å². The van der Waals surface area contributed by atoms with Crippen LogP contribution in [0.5, 0.6) is 0 Å². The molecule has 112 valence electrons. The third kappa shape index (κ3) is 3.03. The van der Waals surface area contributed by atoms with E-state index in [2.05, 4.69) is 47.5 Å². The molecule has 3 nitrogen and oxygen atoms in total. The molecule has 21 heavy (non-hydrogen) atoms. The highest BCUT2D eigenvalue weighted by atomic mass is 15.2. The molecule has 1 N–H and O–H groups in total. The van der Waals surface area contributed by atoms with E-state index in [0.717, 1.165) is 31.1 Å². The highest BCUT2D eigenvalue weighted by Crippen LogP contribution is 2.29. The Morgan fingerprint density at radius 3 is 3.00 bits per heavy atom. The number of pyridine rings is 1. The summed E-state index contributed by atoms with van der Waals surface area (Å²) in [4.78, 5) is 7.44. The fourth-order valence-electron chi connectivity index (χ4n) is 3.41. The van der Waals surface area contributed by atoms with E-state index in [0.29, 0.717) is 0 Å². The van der Waals surface area contributed by atoms with E-state index in [4.69, 9.17) is 4.98 Å². The molecule has 1 aromatic heterocycles. The fraction of sp³-hybridized carbons (Fsp3) is 0.500. The second kappa shape index (κ2) is 6.44. The van der Waals surface area contributed by atoms with Crippen molar-refractivity contribution in [1.29, 1.82) is 0 Å². The Labute approximate surface area is 127 Å². The van der Waals surface area contributed by atoms with E-state index in [9.17, 15) is 0 Å². The zero-order chi connectivity index (χ0) is 14.7. The van der Waals surface area contributed by atoms with Crippen LogP contribution in [0.2, 0.25) is 0 Å². The normalized spacial score (nSPS) is 18.6. The highest BCUT2D eigenvalue weighted by Gasteiger charge is 2.24. The molecule has 3 rings (SSSR count). The van der Waals surface area contributed by atoms with Crippen LogP contribution < -0.4 is 10.2 Å². The summed E-state index contributed by atoms with van der Waals surface area (Å²) in [6.07, 6.45) is 3.93. The molecule has 3 heteroatoms. The summed E-state index contributed by atoms with van der Waals surface area (Å²) < 4.78 is 0. The molecule has 0 amide bonds. The quantitative estimate of drug-likeness (QED) is 0.909. The first-order chi connectivity index (χ1) is 10.3. The Morgan fingerprint density at radius 2 is 2.19 bits per heavy atom. The van der Waals surface area contributed by atoms with Gasteiger partial charge in [0.15, 0.2) is 0 Å². The summed E-state index contributed by atoms with van der Waals surface area (Å²) >= 11 is 0. The van der Waals surface area contributed by atoms with E-state index >= 15 is 0 Å². The lowest BCUT2D eigenvalue weighted by molar-refractivity contribution is 0.529. The molecule has 1 aromatic carbocycles. The number of para-hydroxylation sites is 1. The van der Waals surface area contributed by atoms with Gasteiger partial charge in [-0.1, -0.05) is 31.5 Å². The molecule has 1 aliphatic heterocycles. The van der Waals surface area contributed by atoms with E-state index in [1.165, 1.54) is 36.0 Å². The van der Waals surface area contributed by atoms with E-state index in [-0.39, 0.29) is 0 Å². The number of anilines is 1. The number of nitrogens with one attached hydrogen (secondary N) is 1. The Morgan fingerprint density at radius 1 is 1.33 bits per heavy atom. The molecule has 1 aliphatic rings. The molecule has 1 saturated heterocycles. The summed E-state index contributed by atoms with van der Waals surface area (Å²) in [6, 6.07) is 10.7. The molecule has 0 spiro atoms. The van der Waals surface area contributed by atoms with Gasteiger partial charge in [-0.25, -0.2) is 4.98 Å². The van der Waals surface area contributed by atoms with Crippen molar-refractivity contribution in [1.82, 2.24) is 10.3 Å². The van der Waals surface area contributed by atoms with E-state index in [1.54, 1.807) is 0 Å². The number of benzene rings is 1. The average molecular weight is 283 g/mol. The second-order valence-electron chi connectivity index (χ2n) is 6.08. The first-order valence-corrected chi connectivity index (χ1v) is 8.10. The minimum atomic E-state index is 0.839. The molecular weight excluding hydrogens is 258 g/mol. The van der Waals surface area contributed by atoms with Gasteiger partial charge in [-0.15, -0.1) is 0 Å². The van der Waals surface area contributed by atoms with Gasteiger partial charge in [-0.3, -0.25) is 0 Å². The number of fused-ring (bicyclic) bond motifs is 1. The molecular formula is C18H25N3. The fourth-order valence-corrected chi connectivity index (χ4v) is 3.41. The van der Waals surface area contributed by atoms with E-state index < -0.39 is 0 Å². The maximum absolute atomic E-state index is 4.96. The maximum Gasteiger partial charge on any atom is 0.133 e. The summed E-state index contributed by atoms with van der Waals surface area (Å²) in [7, 11) is 2.00. The number of rotatable bonds is 5. The van der Waals surface area contributed by atoms with Crippen molar-refractivity contribution in [3.8, 4) is 0 Å². The number of aromatic nitrogens is 1. The third-order valence-electron chi connectivity index (χ3n) is 4.43. The molecule has 0 bridgehead atoms. The molecule has 2 heterocycles. The van der Waals surface area contributed by atoms with Crippen LogP contribution in [0.25, 0.3) is 10.9 Å². The predicted molar refractivity (Wildman–Crippen MR) is 89.7 cm³/mol.